The third-order valence-corrected chi connectivity index (χ3v) is 2.61. The SMILES string of the molecule is Nc1cc(N)nc(-c2cnc3ccccc3c2)n1. The lowest BCUT2D eigenvalue weighted by molar-refractivity contribution is 1.19. The number of aromatic nitrogens is 3. The number of benzene rings is 1. The third kappa shape index (κ3) is 1.82. The Morgan fingerprint density at radius 1 is 0.889 bits per heavy atom. The van der Waals surface area contributed by atoms with E-state index in [1.165, 1.54) is 6.07 Å². The molecule has 2 aromatic heterocycles. The smallest absolute Gasteiger partial charge is 0.165 e. The van der Waals surface area contributed by atoms with Crippen LogP contribution in [0.1, 0.15) is 0 Å². The lowest BCUT2D eigenvalue weighted by Crippen LogP contribution is -2.00. The van der Waals surface area contributed by atoms with E-state index >= 15 is 0 Å². The molecule has 3 aromatic rings. The van der Waals surface area contributed by atoms with Crippen molar-refractivity contribution in [1.82, 2.24) is 15.0 Å². The molecule has 0 saturated carbocycles. The summed E-state index contributed by atoms with van der Waals surface area (Å²) in [6.07, 6.45) is 1.72. The zero-order chi connectivity index (χ0) is 12.5. The van der Waals surface area contributed by atoms with Gasteiger partial charge in [-0.2, -0.15) is 0 Å². The van der Waals surface area contributed by atoms with Gasteiger partial charge in [0.25, 0.3) is 0 Å². The number of pyridine rings is 1. The van der Waals surface area contributed by atoms with E-state index < -0.39 is 0 Å². The molecule has 88 valence electrons. The first kappa shape index (κ1) is 10.5. The molecule has 5 heteroatoms. The van der Waals surface area contributed by atoms with Crippen LogP contribution in [0, 0.1) is 0 Å². The Balaban J connectivity index is 2.19. The van der Waals surface area contributed by atoms with Crippen molar-refractivity contribution in [2.24, 2.45) is 0 Å². The quantitative estimate of drug-likeness (QED) is 0.674. The van der Waals surface area contributed by atoms with Gasteiger partial charge < -0.3 is 11.5 Å². The summed E-state index contributed by atoms with van der Waals surface area (Å²) < 4.78 is 0. The maximum atomic E-state index is 5.66. The van der Waals surface area contributed by atoms with Gasteiger partial charge in [-0.25, -0.2) is 9.97 Å². The predicted molar refractivity (Wildman–Crippen MR) is 71.6 cm³/mol. The standard InChI is InChI=1S/C13H11N5/c14-11-6-12(15)18-13(17-11)9-5-8-3-1-2-4-10(8)16-7-9/h1-7H,(H4,14,15,17,18). The van der Waals surface area contributed by atoms with Crippen LogP contribution in [-0.4, -0.2) is 15.0 Å². The number of hydrogen-bond donors (Lipinski definition) is 2. The minimum atomic E-state index is 0.352. The molecule has 0 aliphatic heterocycles. The summed E-state index contributed by atoms with van der Waals surface area (Å²) in [5.41, 5.74) is 13.0. The van der Waals surface area contributed by atoms with Gasteiger partial charge in [-0.1, -0.05) is 18.2 Å². The van der Waals surface area contributed by atoms with Crippen molar-refractivity contribution in [2.75, 3.05) is 11.5 Å². The third-order valence-electron chi connectivity index (χ3n) is 2.61. The van der Waals surface area contributed by atoms with E-state index in [0.29, 0.717) is 17.5 Å². The highest BCUT2D eigenvalue weighted by molar-refractivity contribution is 5.82. The summed E-state index contributed by atoms with van der Waals surface area (Å²) in [5, 5.41) is 1.03. The molecule has 2 heterocycles. The van der Waals surface area contributed by atoms with Crippen LogP contribution in [0.3, 0.4) is 0 Å². The molecule has 0 atom stereocenters. The second kappa shape index (κ2) is 3.96. The monoisotopic (exact) mass is 237 g/mol. The van der Waals surface area contributed by atoms with Crippen LogP contribution in [-0.2, 0) is 0 Å². The number of nitrogens with two attached hydrogens (primary N) is 2. The number of hydrogen-bond acceptors (Lipinski definition) is 5. The summed E-state index contributed by atoms with van der Waals surface area (Å²) >= 11 is 0. The molecule has 0 spiro atoms. The molecule has 4 N–H and O–H groups in total. The van der Waals surface area contributed by atoms with Crippen LogP contribution in [0.15, 0.2) is 42.6 Å². The average molecular weight is 237 g/mol. The van der Waals surface area contributed by atoms with E-state index in [4.69, 9.17) is 11.5 Å². The van der Waals surface area contributed by atoms with Gasteiger partial charge in [-0.3, -0.25) is 4.98 Å². The van der Waals surface area contributed by atoms with E-state index in [2.05, 4.69) is 15.0 Å². The lowest BCUT2D eigenvalue weighted by Gasteiger charge is -2.04. The molecule has 0 bridgehead atoms. The Morgan fingerprint density at radius 3 is 2.39 bits per heavy atom. The number of nitrogens with zero attached hydrogens (tertiary/aromatic N) is 3. The van der Waals surface area contributed by atoms with Crippen LogP contribution in [0.2, 0.25) is 0 Å². The minimum absolute atomic E-state index is 0.352. The van der Waals surface area contributed by atoms with Gasteiger partial charge in [0.2, 0.25) is 0 Å². The summed E-state index contributed by atoms with van der Waals surface area (Å²) in [6.45, 7) is 0. The first-order valence-electron chi connectivity index (χ1n) is 5.47. The van der Waals surface area contributed by atoms with Gasteiger partial charge in [0.05, 0.1) is 5.52 Å². The van der Waals surface area contributed by atoms with Gasteiger partial charge >= 0.3 is 0 Å². The summed E-state index contributed by atoms with van der Waals surface area (Å²) in [4.78, 5) is 12.7. The molecule has 5 nitrogen and oxygen atoms in total. The van der Waals surface area contributed by atoms with Gasteiger partial charge in [0.15, 0.2) is 5.82 Å². The molecular weight excluding hydrogens is 226 g/mol. The molecule has 0 unspecified atom stereocenters. The van der Waals surface area contributed by atoms with Crippen molar-refractivity contribution in [3.63, 3.8) is 0 Å². The molecular formula is C13H11N5. The zero-order valence-electron chi connectivity index (χ0n) is 9.54. The van der Waals surface area contributed by atoms with Crippen molar-refractivity contribution in [1.29, 1.82) is 0 Å². The van der Waals surface area contributed by atoms with Crippen LogP contribution < -0.4 is 11.5 Å². The number of fused-ring (bicyclic) bond motifs is 1. The Hall–Kier alpha value is -2.69. The Bertz CT molecular complexity index is 703. The largest absolute Gasteiger partial charge is 0.384 e. The second-order valence-electron chi connectivity index (χ2n) is 3.96. The van der Waals surface area contributed by atoms with Crippen molar-refractivity contribution in [3.05, 3.63) is 42.6 Å². The predicted octanol–water partition coefficient (Wildman–Crippen LogP) is 1.86. The first-order chi connectivity index (χ1) is 8.72. The zero-order valence-corrected chi connectivity index (χ0v) is 9.54. The van der Waals surface area contributed by atoms with E-state index in [-0.39, 0.29) is 0 Å². The maximum Gasteiger partial charge on any atom is 0.165 e. The molecule has 0 aliphatic carbocycles. The molecule has 0 radical (unpaired) electrons. The first-order valence-corrected chi connectivity index (χ1v) is 5.47. The van der Waals surface area contributed by atoms with Crippen LogP contribution in [0.25, 0.3) is 22.3 Å². The molecule has 0 amide bonds. The highest BCUT2D eigenvalue weighted by Gasteiger charge is 2.05. The number of anilines is 2. The fourth-order valence-electron chi connectivity index (χ4n) is 1.81. The highest BCUT2D eigenvalue weighted by Crippen LogP contribution is 2.21. The van der Waals surface area contributed by atoms with Gasteiger partial charge in [0, 0.05) is 23.2 Å². The summed E-state index contributed by atoms with van der Waals surface area (Å²) in [5.74, 6) is 1.20. The maximum absolute atomic E-state index is 5.66. The summed E-state index contributed by atoms with van der Waals surface area (Å²) in [7, 11) is 0. The molecule has 0 fully saturated rings. The highest BCUT2D eigenvalue weighted by atomic mass is 15.0. The minimum Gasteiger partial charge on any atom is -0.384 e. The second-order valence-corrected chi connectivity index (χ2v) is 3.96. The van der Waals surface area contributed by atoms with Crippen LogP contribution in [0.5, 0.6) is 0 Å². The van der Waals surface area contributed by atoms with Gasteiger partial charge in [-0.05, 0) is 12.1 Å². The topological polar surface area (TPSA) is 90.7 Å². The average Bonchev–Trinajstić information content (AvgIpc) is 2.37. The van der Waals surface area contributed by atoms with Crippen molar-refractivity contribution in [3.8, 4) is 11.4 Å². The number of nitrogen functional groups attached to an aromatic ring is 2. The molecule has 3 rings (SSSR count). The normalized spacial score (nSPS) is 10.7. The van der Waals surface area contributed by atoms with Crippen molar-refractivity contribution < 1.29 is 0 Å². The number of rotatable bonds is 1. The lowest BCUT2D eigenvalue weighted by atomic mass is 10.1. The number of para-hydroxylation sites is 1. The Kier molecular flexibility index (Phi) is 2.30. The van der Waals surface area contributed by atoms with Gasteiger partial charge in [0.1, 0.15) is 11.6 Å². The Labute approximate surface area is 104 Å². The van der Waals surface area contributed by atoms with E-state index in [0.717, 1.165) is 16.5 Å². The van der Waals surface area contributed by atoms with Crippen LogP contribution in [0.4, 0.5) is 11.6 Å². The Morgan fingerprint density at radius 2 is 1.61 bits per heavy atom. The fraction of sp³-hybridized carbons (Fsp3) is 0. The van der Waals surface area contributed by atoms with E-state index in [1.807, 2.05) is 30.3 Å². The van der Waals surface area contributed by atoms with Crippen molar-refractivity contribution >= 4 is 22.5 Å². The molecule has 0 aliphatic rings. The van der Waals surface area contributed by atoms with Crippen molar-refractivity contribution in [2.45, 2.75) is 0 Å². The molecule has 1 aromatic carbocycles. The van der Waals surface area contributed by atoms with Crippen LogP contribution >= 0.6 is 0 Å². The molecule has 0 saturated heterocycles. The van der Waals surface area contributed by atoms with Gasteiger partial charge in [-0.15, -0.1) is 0 Å². The molecule has 18 heavy (non-hydrogen) atoms. The summed E-state index contributed by atoms with van der Waals surface area (Å²) in [6, 6.07) is 11.3. The fourth-order valence-corrected chi connectivity index (χ4v) is 1.81. The van der Waals surface area contributed by atoms with E-state index in [9.17, 15) is 0 Å². The van der Waals surface area contributed by atoms with E-state index in [1.54, 1.807) is 6.20 Å².